The number of unbranched alkanes of at least 4 members (excludes halogenated alkanes) is 3. The number of nitrogens with zero attached hydrogens (tertiary/aromatic N) is 2. The number of carbonyl (C=O) groups is 3. The molecule has 2 aliphatic heterocycles. The summed E-state index contributed by atoms with van der Waals surface area (Å²) >= 11 is 0. The summed E-state index contributed by atoms with van der Waals surface area (Å²) in [7, 11) is 6.57. The molecule has 0 aliphatic carbocycles. The number of benzene rings is 2. The van der Waals surface area contributed by atoms with E-state index in [-0.39, 0.29) is 37.4 Å². The lowest BCUT2D eigenvalue weighted by atomic mass is 9.92. The molecule has 2 saturated heterocycles. The Morgan fingerprint density at radius 1 is 1.05 bits per heavy atom. The van der Waals surface area contributed by atoms with Crippen LogP contribution in [0.5, 0.6) is 5.75 Å². The van der Waals surface area contributed by atoms with Crippen molar-refractivity contribution in [3.8, 4) is 5.75 Å². The van der Waals surface area contributed by atoms with Gasteiger partial charge in [-0.3, -0.25) is 14.4 Å². The summed E-state index contributed by atoms with van der Waals surface area (Å²) in [6, 6.07) is 14.9. The van der Waals surface area contributed by atoms with Crippen molar-refractivity contribution in [3.63, 3.8) is 0 Å². The number of quaternary nitrogens is 1. The highest BCUT2D eigenvalue weighted by Crippen LogP contribution is 2.44. The molecule has 3 N–H and O–H groups in total. The summed E-state index contributed by atoms with van der Waals surface area (Å²) in [5.41, 5.74) is 1.69. The van der Waals surface area contributed by atoms with Gasteiger partial charge in [0.05, 0.1) is 46.3 Å². The average Bonchev–Trinajstić information content (AvgIpc) is 3.36. The highest BCUT2D eigenvalue weighted by molar-refractivity contribution is 5.99. The molecule has 0 aromatic heterocycles. The van der Waals surface area contributed by atoms with E-state index in [2.05, 4.69) is 31.8 Å². The topological polar surface area (TPSA) is 108 Å². The Hall–Kier alpha value is -3.43. The van der Waals surface area contributed by atoms with Gasteiger partial charge in [-0.25, -0.2) is 0 Å². The van der Waals surface area contributed by atoms with E-state index in [0.717, 1.165) is 47.8 Å². The third-order valence-electron chi connectivity index (χ3n) is 7.90. The van der Waals surface area contributed by atoms with Crippen LogP contribution in [0.3, 0.4) is 0 Å². The molecule has 3 amide bonds. The Bertz CT molecular complexity index is 1180. The van der Waals surface area contributed by atoms with Crippen LogP contribution in [0.4, 0.5) is 0 Å². The maximum atomic E-state index is 13.9. The summed E-state index contributed by atoms with van der Waals surface area (Å²) < 4.78 is 6.58. The Morgan fingerprint density at radius 3 is 2.54 bits per heavy atom. The molecular formula is C32H45N4O5+. The maximum Gasteiger partial charge on any atom is 0.246 e. The minimum Gasteiger partial charge on any atom is -0.491 e. The van der Waals surface area contributed by atoms with Crippen LogP contribution in [0.25, 0.3) is 0 Å². The fourth-order valence-corrected chi connectivity index (χ4v) is 5.90. The lowest BCUT2D eigenvalue weighted by Gasteiger charge is -2.38. The molecule has 0 unspecified atom stereocenters. The fraction of sp³-hybridized carbons (Fsp3) is 0.531. The Labute approximate surface area is 243 Å². The van der Waals surface area contributed by atoms with Crippen LogP contribution in [0.2, 0.25) is 0 Å². The van der Waals surface area contributed by atoms with Gasteiger partial charge in [0.1, 0.15) is 24.4 Å². The van der Waals surface area contributed by atoms with E-state index in [1.807, 2.05) is 48.5 Å². The van der Waals surface area contributed by atoms with Gasteiger partial charge in [-0.15, -0.1) is 0 Å². The summed E-state index contributed by atoms with van der Waals surface area (Å²) in [5.74, 6) is -0.578. The van der Waals surface area contributed by atoms with Crippen molar-refractivity contribution in [1.82, 2.24) is 15.5 Å². The van der Waals surface area contributed by atoms with Gasteiger partial charge in [0.25, 0.3) is 0 Å². The third-order valence-corrected chi connectivity index (χ3v) is 7.90. The van der Waals surface area contributed by atoms with Gasteiger partial charge in [0.2, 0.25) is 17.7 Å². The van der Waals surface area contributed by atoms with Crippen LogP contribution in [-0.2, 0) is 20.8 Å². The largest absolute Gasteiger partial charge is 0.491 e. The minimum atomic E-state index is -0.715. The van der Waals surface area contributed by atoms with E-state index in [0.29, 0.717) is 18.7 Å². The van der Waals surface area contributed by atoms with Gasteiger partial charge in [0.15, 0.2) is 0 Å². The first-order valence-electron chi connectivity index (χ1n) is 14.8. The van der Waals surface area contributed by atoms with E-state index in [9.17, 15) is 19.5 Å². The van der Waals surface area contributed by atoms with E-state index >= 15 is 0 Å². The predicted octanol–water partition coefficient (Wildman–Crippen LogP) is 2.44. The van der Waals surface area contributed by atoms with Gasteiger partial charge < -0.3 is 29.9 Å². The first kappa shape index (κ1) is 30.5. The standard InChI is InChI=1S/C32H44N4O5/c1-36(2,3)17-10-5-4-9-16-33-30(38)26-22-28-31(39)34-27(20-23-12-7-6-8-13-23)32(40)35(28)29(26)24-14-11-15-25(21-24)41-19-18-37/h6-8,11-15,21,26-29,37H,4-5,9-10,16-20,22H2,1-3H3,(H-,33,34,38,39)/p+1/t26-,27-,28-,29-/m0/s1. The minimum absolute atomic E-state index is 0.123. The van der Waals surface area contributed by atoms with Gasteiger partial charge in [-0.05, 0) is 48.9 Å². The summed E-state index contributed by atoms with van der Waals surface area (Å²) in [4.78, 5) is 42.4. The molecule has 222 valence electrons. The molecular weight excluding hydrogens is 520 g/mol. The first-order valence-corrected chi connectivity index (χ1v) is 14.8. The average molecular weight is 566 g/mol. The second kappa shape index (κ2) is 14.0. The SMILES string of the molecule is C[N+](C)(C)CCCCCCNC(=O)[C@H]1C[C@H]2C(=O)N[C@@H](Cc3ccccc3)C(=O)N2[C@H]1c1cccc(OCCO)c1. The number of carbonyl (C=O) groups excluding carboxylic acids is 3. The molecule has 2 aromatic rings. The number of amides is 3. The normalized spacial score (nSPS) is 22.3. The Morgan fingerprint density at radius 2 is 1.80 bits per heavy atom. The van der Waals surface area contributed by atoms with Crippen LogP contribution < -0.4 is 15.4 Å². The molecule has 9 heteroatoms. The molecule has 0 bridgehead atoms. The van der Waals surface area contributed by atoms with Crippen molar-refractivity contribution >= 4 is 17.7 Å². The van der Waals surface area contributed by atoms with E-state index in [4.69, 9.17) is 4.74 Å². The zero-order valence-electron chi connectivity index (χ0n) is 24.6. The maximum absolute atomic E-state index is 13.9. The van der Waals surface area contributed by atoms with Crippen LogP contribution in [0.15, 0.2) is 54.6 Å². The van der Waals surface area contributed by atoms with Crippen LogP contribution in [-0.4, -0.2) is 91.7 Å². The quantitative estimate of drug-likeness (QED) is 0.241. The van der Waals surface area contributed by atoms with Crippen molar-refractivity contribution < 1.29 is 28.7 Å². The van der Waals surface area contributed by atoms with Gasteiger partial charge in [-0.1, -0.05) is 48.9 Å². The fourth-order valence-electron chi connectivity index (χ4n) is 5.90. The van der Waals surface area contributed by atoms with Crippen molar-refractivity contribution in [2.75, 3.05) is 47.4 Å². The monoisotopic (exact) mass is 565 g/mol. The number of hydrogen-bond acceptors (Lipinski definition) is 5. The molecule has 4 rings (SSSR count). The molecule has 41 heavy (non-hydrogen) atoms. The lowest BCUT2D eigenvalue weighted by molar-refractivity contribution is -0.870. The first-order chi connectivity index (χ1) is 19.7. The predicted molar refractivity (Wildman–Crippen MR) is 157 cm³/mol. The van der Waals surface area contributed by atoms with E-state index in [1.54, 1.807) is 11.0 Å². The van der Waals surface area contributed by atoms with Crippen molar-refractivity contribution in [2.24, 2.45) is 5.92 Å². The highest BCUT2D eigenvalue weighted by atomic mass is 16.5. The second-order valence-corrected chi connectivity index (χ2v) is 12.2. The number of piperazine rings is 1. The number of nitrogens with one attached hydrogen (secondary N) is 2. The Kier molecular flexibility index (Phi) is 10.4. The lowest BCUT2D eigenvalue weighted by Crippen LogP contribution is -2.62. The van der Waals surface area contributed by atoms with Gasteiger partial charge in [-0.2, -0.15) is 0 Å². The number of ether oxygens (including phenoxy) is 1. The molecule has 4 atom stereocenters. The van der Waals surface area contributed by atoms with Crippen molar-refractivity contribution in [1.29, 1.82) is 0 Å². The molecule has 2 fully saturated rings. The highest BCUT2D eigenvalue weighted by Gasteiger charge is 2.54. The van der Waals surface area contributed by atoms with Gasteiger partial charge in [0, 0.05) is 13.0 Å². The second-order valence-electron chi connectivity index (χ2n) is 12.2. The molecule has 0 radical (unpaired) electrons. The van der Waals surface area contributed by atoms with Crippen molar-refractivity contribution in [2.45, 2.75) is 56.7 Å². The number of aliphatic hydroxyl groups excluding tert-OH is 1. The number of fused-ring (bicyclic) bond motifs is 1. The smallest absolute Gasteiger partial charge is 0.246 e. The van der Waals surface area contributed by atoms with Crippen molar-refractivity contribution in [3.05, 3.63) is 65.7 Å². The molecule has 2 aliphatic rings. The number of hydrogen-bond donors (Lipinski definition) is 3. The van der Waals surface area contributed by atoms with Gasteiger partial charge >= 0.3 is 0 Å². The number of rotatable bonds is 14. The van der Waals surface area contributed by atoms with Crippen LogP contribution in [0, 0.1) is 5.92 Å². The Balaban J connectivity index is 1.50. The molecule has 2 heterocycles. The number of aliphatic hydroxyl groups is 1. The third kappa shape index (κ3) is 8.07. The summed E-state index contributed by atoms with van der Waals surface area (Å²) in [6.45, 7) is 1.70. The zero-order valence-corrected chi connectivity index (χ0v) is 24.6. The van der Waals surface area contributed by atoms with E-state index in [1.165, 1.54) is 0 Å². The van der Waals surface area contributed by atoms with Crippen LogP contribution >= 0.6 is 0 Å². The van der Waals surface area contributed by atoms with Crippen LogP contribution in [0.1, 0.15) is 49.3 Å². The molecule has 0 saturated carbocycles. The van der Waals surface area contributed by atoms with E-state index < -0.39 is 24.0 Å². The summed E-state index contributed by atoms with van der Waals surface area (Å²) in [5, 5.41) is 15.2. The molecule has 2 aromatic carbocycles. The molecule has 0 spiro atoms. The zero-order chi connectivity index (χ0) is 29.4. The molecule has 9 nitrogen and oxygen atoms in total. The summed E-state index contributed by atoms with van der Waals surface area (Å²) in [6.07, 6.45) is 4.83.